The SMILES string of the molecule is CCOc1ccc(NS(=O)(=O)c2ccc(NC(C#N)=C(C#N)C#N)cc2)cc1. The summed E-state index contributed by atoms with van der Waals surface area (Å²) in [5.41, 5.74) is 0.164. The molecule has 0 bridgehead atoms. The van der Waals surface area contributed by atoms with Gasteiger partial charge in [0.05, 0.1) is 11.5 Å². The van der Waals surface area contributed by atoms with Gasteiger partial charge in [0.15, 0.2) is 5.57 Å². The van der Waals surface area contributed by atoms with Gasteiger partial charge in [0.25, 0.3) is 10.0 Å². The van der Waals surface area contributed by atoms with Gasteiger partial charge in [0, 0.05) is 11.4 Å². The number of nitrogens with one attached hydrogen (secondary N) is 2. The Labute approximate surface area is 163 Å². The fourth-order valence-corrected chi connectivity index (χ4v) is 3.20. The molecule has 0 saturated heterocycles. The van der Waals surface area contributed by atoms with E-state index in [1.165, 1.54) is 24.3 Å². The lowest BCUT2D eigenvalue weighted by Crippen LogP contribution is -2.13. The molecule has 2 aromatic rings. The molecule has 8 nitrogen and oxygen atoms in total. The lowest BCUT2D eigenvalue weighted by molar-refractivity contribution is 0.340. The quantitative estimate of drug-likeness (QED) is 0.689. The number of hydrogen-bond donors (Lipinski definition) is 2. The highest BCUT2D eigenvalue weighted by molar-refractivity contribution is 7.92. The number of anilines is 2. The van der Waals surface area contributed by atoms with Crippen molar-refractivity contribution in [2.24, 2.45) is 0 Å². The van der Waals surface area contributed by atoms with Crippen molar-refractivity contribution in [3.8, 4) is 24.0 Å². The van der Waals surface area contributed by atoms with Gasteiger partial charge in [-0.2, -0.15) is 15.8 Å². The monoisotopic (exact) mass is 393 g/mol. The third kappa shape index (κ3) is 5.01. The second-order valence-corrected chi connectivity index (χ2v) is 6.98. The molecule has 2 aromatic carbocycles. The van der Waals surface area contributed by atoms with Crippen molar-refractivity contribution in [3.05, 3.63) is 59.8 Å². The van der Waals surface area contributed by atoms with Crippen LogP contribution in [-0.2, 0) is 10.0 Å². The predicted molar refractivity (Wildman–Crippen MR) is 102 cm³/mol. The fourth-order valence-electron chi connectivity index (χ4n) is 2.14. The lowest BCUT2D eigenvalue weighted by Gasteiger charge is -2.10. The molecule has 0 aliphatic heterocycles. The van der Waals surface area contributed by atoms with Crippen LogP contribution >= 0.6 is 0 Å². The van der Waals surface area contributed by atoms with E-state index in [-0.39, 0.29) is 16.2 Å². The molecule has 0 spiro atoms. The van der Waals surface area contributed by atoms with Crippen LogP contribution in [0, 0.1) is 34.0 Å². The van der Waals surface area contributed by atoms with Crippen molar-refractivity contribution < 1.29 is 13.2 Å². The molecule has 0 aliphatic rings. The molecule has 28 heavy (non-hydrogen) atoms. The topological polar surface area (TPSA) is 139 Å². The van der Waals surface area contributed by atoms with Crippen LogP contribution in [-0.4, -0.2) is 15.0 Å². The number of benzene rings is 2. The van der Waals surface area contributed by atoms with E-state index in [0.29, 0.717) is 23.7 Å². The van der Waals surface area contributed by atoms with E-state index in [0.717, 1.165) is 0 Å². The molecule has 140 valence electrons. The lowest BCUT2D eigenvalue weighted by atomic mass is 10.2. The third-order valence-corrected chi connectivity index (χ3v) is 4.83. The molecule has 2 rings (SSSR count). The second-order valence-electron chi connectivity index (χ2n) is 5.30. The first-order chi connectivity index (χ1) is 13.4. The highest BCUT2D eigenvalue weighted by Crippen LogP contribution is 2.21. The molecule has 0 unspecified atom stereocenters. The summed E-state index contributed by atoms with van der Waals surface area (Å²) < 4.78 is 32.8. The molecule has 0 aliphatic carbocycles. The number of hydrogen-bond acceptors (Lipinski definition) is 7. The number of nitriles is 3. The maximum absolute atomic E-state index is 12.5. The molecule has 0 saturated carbocycles. The Balaban J connectivity index is 2.18. The minimum absolute atomic E-state index is 0.00946. The third-order valence-electron chi connectivity index (χ3n) is 3.44. The van der Waals surface area contributed by atoms with Crippen molar-refractivity contribution in [2.45, 2.75) is 11.8 Å². The Hall–Kier alpha value is -4.00. The number of nitrogens with zero attached hydrogens (tertiary/aromatic N) is 3. The first-order valence-electron chi connectivity index (χ1n) is 8.01. The van der Waals surface area contributed by atoms with Crippen LogP contribution in [0.15, 0.2) is 64.7 Å². The molecule has 0 radical (unpaired) electrons. The zero-order valence-electron chi connectivity index (χ0n) is 14.8. The maximum Gasteiger partial charge on any atom is 0.261 e. The largest absolute Gasteiger partial charge is 0.494 e. The van der Waals surface area contributed by atoms with Crippen LogP contribution in [0.25, 0.3) is 0 Å². The van der Waals surface area contributed by atoms with E-state index < -0.39 is 10.0 Å². The van der Waals surface area contributed by atoms with Gasteiger partial charge in [-0.15, -0.1) is 0 Å². The molecule has 0 aromatic heterocycles. The molecule has 9 heteroatoms. The minimum Gasteiger partial charge on any atom is -0.494 e. The first-order valence-corrected chi connectivity index (χ1v) is 9.49. The molecule has 0 amide bonds. The van der Waals surface area contributed by atoms with Gasteiger partial charge in [-0.05, 0) is 55.5 Å². The highest BCUT2D eigenvalue weighted by Gasteiger charge is 2.14. The maximum atomic E-state index is 12.5. The summed E-state index contributed by atoms with van der Waals surface area (Å²) in [5, 5.41) is 29.3. The van der Waals surface area contributed by atoms with E-state index >= 15 is 0 Å². The van der Waals surface area contributed by atoms with E-state index in [2.05, 4.69) is 10.0 Å². The zero-order chi connectivity index (χ0) is 20.6. The number of rotatable bonds is 7. The number of sulfonamides is 1. The Morgan fingerprint density at radius 3 is 2.00 bits per heavy atom. The van der Waals surface area contributed by atoms with Crippen LogP contribution in [0.2, 0.25) is 0 Å². The fraction of sp³-hybridized carbons (Fsp3) is 0.105. The van der Waals surface area contributed by atoms with Gasteiger partial charge in [-0.25, -0.2) is 8.42 Å². The smallest absolute Gasteiger partial charge is 0.261 e. The molecular weight excluding hydrogens is 378 g/mol. The summed E-state index contributed by atoms with van der Waals surface area (Å²) in [5.74, 6) is 0.635. The Morgan fingerprint density at radius 2 is 1.50 bits per heavy atom. The second kappa shape index (κ2) is 9.09. The van der Waals surface area contributed by atoms with Crippen LogP contribution in [0.4, 0.5) is 11.4 Å². The summed E-state index contributed by atoms with van der Waals surface area (Å²) >= 11 is 0. The normalized spacial score (nSPS) is 9.93. The molecule has 0 fully saturated rings. The summed E-state index contributed by atoms with van der Waals surface area (Å²) in [6.07, 6.45) is 0. The Kier molecular flexibility index (Phi) is 6.59. The molecular formula is C19H15N5O3S. The van der Waals surface area contributed by atoms with Crippen molar-refractivity contribution in [1.29, 1.82) is 15.8 Å². The molecule has 0 atom stereocenters. The summed E-state index contributed by atoms with van der Waals surface area (Å²) in [4.78, 5) is 0.00946. The predicted octanol–water partition coefficient (Wildman–Crippen LogP) is 3.12. The van der Waals surface area contributed by atoms with Gasteiger partial charge < -0.3 is 10.1 Å². The highest BCUT2D eigenvalue weighted by atomic mass is 32.2. The molecule has 2 N–H and O–H groups in total. The van der Waals surface area contributed by atoms with Crippen LogP contribution < -0.4 is 14.8 Å². The molecule has 0 heterocycles. The van der Waals surface area contributed by atoms with Gasteiger partial charge in [-0.1, -0.05) is 0 Å². The van der Waals surface area contributed by atoms with Gasteiger partial charge in [-0.3, -0.25) is 4.72 Å². The standard InChI is InChI=1S/C19H15N5O3S/c1-2-27-17-7-3-16(4-8-17)24-28(25,26)18-9-5-15(6-10-18)23-19(13-22)14(11-20)12-21/h3-10,23-24H,2H2,1H3. The van der Waals surface area contributed by atoms with E-state index in [4.69, 9.17) is 20.5 Å². The van der Waals surface area contributed by atoms with Crippen LogP contribution in [0.5, 0.6) is 5.75 Å². The van der Waals surface area contributed by atoms with Crippen molar-refractivity contribution in [2.75, 3.05) is 16.6 Å². The van der Waals surface area contributed by atoms with Crippen molar-refractivity contribution in [1.82, 2.24) is 0 Å². The summed E-state index contributed by atoms with van der Waals surface area (Å²) in [6.45, 7) is 2.37. The summed E-state index contributed by atoms with van der Waals surface area (Å²) in [7, 11) is -3.82. The Morgan fingerprint density at radius 1 is 0.929 bits per heavy atom. The van der Waals surface area contributed by atoms with Gasteiger partial charge in [0.1, 0.15) is 29.7 Å². The van der Waals surface area contributed by atoms with Gasteiger partial charge in [0.2, 0.25) is 0 Å². The average Bonchev–Trinajstić information content (AvgIpc) is 2.70. The van der Waals surface area contributed by atoms with Crippen LogP contribution in [0.3, 0.4) is 0 Å². The zero-order valence-corrected chi connectivity index (χ0v) is 15.6. The van der Waals surface area contributed by atoms with Crippen molar-refractivity contribution >= 4 is 21.4 Å². The Bertz CT molecular complexity index is 1080. The van der Waals surface area contributed by atoms with E-state index in [1.807, 2.05) is 6.92 Å². The van der Waals surface area contributed by atoms with Gasteiger partial charge >= 0.3 is 0 Å². The van der Waals surface area contributed by atoms with Crippen LogP contribution in [0.1, 0.15) is 6.92 Å². The van der Waals surface area contributed by atoms with E-state index in [1.54, 1.807) is 42.5 Å². The first kappa shape index (κ1) is 20.3. The average molecular weight is 393 g/mol. The van der Waals surface area contributed by atoms with E-state index in [9.17, 15) is 8.42 Å². The van der Waals surface area contributed by atoms with Crippen molar-refractivity contribution in [3.63, 3.8) is 0 Å². The number of allylic oxidation sites excluding steroid dienone is 2. The summed E-state index contributed by atoms with van der Waals surface area (Å²) in [6, 6.07) is 17.0. The minimum atomic E-state index is -3.82. The number of ether oxygens (including phenoxy) is 1.